The molecule has 2 heterocycles. The molecule has 0 radical (unpaired) electrons. The molecular weight excluding hydrogens is 160 g/mol. The summed E-state index contributed by atoms with van der Waals surface area (Å²) in [6.45, 7) is 0.285. The van der Waals surface area contributed by atoms with Gasteiger partial charge in [0, 0.05) is 0 Å². The van der Waals surface area contributed by atoms with Crippen molar-refractivity contribution in [1.29, 1.82) is 0 Å². The van der Waals surface area contributed by atoms with E-state index in [1.807, 2.05) is 0 Å². The fourth-order valence-corrected chi connectivity index (χ4v) is 1.42. The number of aliphatic hydroxyl groups excluding tert-OH is 3. The lowest BCUT2D eigenvalue weighted by Crippen LogP contribution is -2.40. The van der Waals surface area contributed by atoms with Gasteiger partial charge in [0.1, 0.15) is 18.3 Å². The Labute approximate surface area is 68.9 Å². The zero-order valence-electron chi connectivity index (χ0n) is 6.33. The van der Waals surface area contributed by atoms with Crippen LogP contribution in [0.1, 0.15) is 11.8 Å². The van der Waals surface area contributed by atoms with Crippen molar-refractivity contribution >= 4 is 0 Å². The van der Waals surface area contributed by atoms with Crippen molar-refractivity contribution in [2.45, 2.75) is 24.9 Å². The Morgan fingerprint density at radius 2 is 2.17 bits per heavy atom. The summed E-state index contributed by atoms with van der Waals surface area (Å²) in [4.78, 5) is 3.80. The van der Waals surface area contributed by atoms with E-state index in [-0.39, 0.29) is 6.54 Å². The van der Waals surface area contributed by atoms with Crippen LogP contribution in [0, 0.1) is 0 Å². The van der Waals surface area contributed by atoms with Crippen molar-refractivity contribution in [2.75, 3.05) is 0 Å². The molecule has 0 aliphatic carbocycles. The van der Waals surface area contributed by atoms with Crippen molar-refractivity contribution in [3.8, 4) is 0 Å². The summed E-state index contributed by atoms with van der Waals surface area (Å²) in [5.41, 5.74) is 0.549. The van der Waals surface area contributed by atoms with Crippen LogP contribution in [0.2, 0.25) is 0 Å². The Hall–Kier alpha value is -0.910. The van der Waals surface area contributed by atoms with E-state index in [1.165, 1.54) is 12.5 Å². The van der Waals surface area contributed by atoms with Crippen LogP contribution in [0.3, 0.4) is 0 Å². The van der Waals surface area contributed by atoms with E-state index in [0.29, 0.717) is 5.69 Å². The van der Waals surface area contributed by atoms with Gasteiger partial charge in [-0.1, -0.05) is 0 Å². The first-order chi connectivity index (χ1) is 5.70. The van der Waals surface area contributed by atoms with Crippen molar-refractivity contribution < 1.29 is 15.3 Å². The van der Waals surface area contributed by atoms with Gasteiger partial charge in [-0.15, -0.1) is 0 Å². The van der Waals surface area contributed by atoms with Gasteiger partial charge in [0.25, 0.3) is 0 Å². The van der Waals surface area contributed by atoms with Crippen LogP contribution in [0.5, 0.6) is 0 Å². The van der Waals surface area contributed by atoms with Gasteiger partial charge in [0.05, 0.1) is 24.8 Å². The number of aliphatic hydroxyl groups is 3. The first kappa shape index (κ1) is 7.72. The van der Waals surface area contributed by atoms with Crippen molar-refractivity contribution in [3.05, 3.63) is 18.2 Å². The summed E-state index contributed by atoms with van der Waals surface area (Å²) < 4.78 is 1.63. The Bertz CT molecular complexity index is 286. The topological polar surface area (TPSA) is 78.5 Å². The lowest BCUT2D eigenvalue weighted by atomic mass is 10.0. The number of hydrogen-bond donors (Lipinski definition) is 3. The third-order valence-corrected chi connectivity index (χ3v) is 2.15. The number of imidazole rings is 1. The van der Waals surface area contributed by atoms with E-state index in [2.05, 4.69) is 4.98 Å². The molecule has 0 saturated carbocycles. The maximum absolute atomic E-state index is 9.42. The lowest BCUT2D eigenvalue weighted by molar-refractivity contribution is -0.0834. The third-order valence-electron chi connectivity index (χ3n) is 2.15. The van der Waals surface area contributed by atoms with Gasteiger partial charge in [0.2, 0.25) is 0 Å². The molecule has 5 nitrogen and oxygen atoms in total. The van der Waals surface area contributed by atoms with Crippen LogP contribution >= 0.6 is 0 Å². The van der Waals surface area contributed by atoms with Gasteiger partial charge in [-0.2, -0.15) is 0 Å². The van der Waals surface area contributed by atoms with E-state index >= 15 is 0 Å². The van der Waals surface area contributed by atoms with E-state index in [0.717, 1.165) is 0 Å². The summed E-state index contributed by atoms with van der Waals surface area (Å²) in [5.74, 6) is 0. The van der Waals surface area contributed by atoms with Crippen LogP contribution < -0.4 is 0 Å². The second-order valence-electron chi connectivity index (χ2n) is 2.97. The number of hydrogen-bond acceptors (Lipinski definition) is 4. The number of aromatic nitrogens is 2. The highest BCUT2D eigenvalue weighted by Crippen LogP contribution is 2.24. The van der Waals surface area contributed by atoms with Gasteiger partial charge in [-0.3, -0.25) is 0 Å². The molecule has 0 fully saturated rings. The third kappa shape index (κ3) is 0.945. The Balaban J connectivity index is 2.39. The highest BCUT2D eigenvalue weighted by molar-refractivity contribution is 5.09. The average molecular weight is 170 g/mol. The SMILES string of the molecule is OC1Cn2cncc2C(O)C1O. The van der Waals surface area contributed by atoms with E-state index in [1.54, 1.807) is 4.57 Å². The van der Waals surface area contributed by atoms with Gasteiger partial charge < -0.3 is 19.9 Å². The average Bonchev–Trinajstić information content (AvgIpc) is 2.48. The molecule has 5 heteroatoms. The smallest absolute Gasteiger partial charge is 0.124 e. The zero-order chi connectivity index (χ0) is 8.72. The molecule has 0 amide bonds. The molecule has 3 atom stereocenters. The molecule has 0 saturated heterocycles. The number of rotatable bonds is 0. The van der Waals surface area contributed by atoms with Gasteiger partial charge >= 0.3 is 0 Å². The zero-order valence-corrected chi connectivity index (χ0v) is 6.33. The molecule has 0 aromatic carbocycles. The number of nitrogens with zero attached hydrogens (tertiary/aromatic N) is 2. The van der Waals surface area contributed by atoms with Crippen LogP contribution in [-0.2, 0) is 6.54 Å². The molecule has 2 rings (SSSR count). The minimum Gasteiger partial charge on any atom is -0.388 e. The summed E-state index contributed by atoms with van der Waals surface area (Å²) in [7, 11) is 0. The maximum Gasteiger partial charge on any atom is 0.124 e. The lowest BCUT2D eigenvalue weighted by Gasteiger charge is -2.29. The van der Waals surface area contributed by atoms with Gasteiger partial charge in [0.15, 0.2) is 0 Å². The summed E-state index contributed by atoms with van der Waals surface area (Å²) in [6, 6.07) is 0. The first-order valence-electron chi connectivity index (χ1n) is 3.74. The summed E-state index contributed by atoms with van der Waals surface area (Å²) in [6.07, 6.45) is -0.0416. The second kappa shape index (κ2) is 2.55. The van der Waals surface area contributed by atoms with Crippen molar-refractivity contribution in [1.82, 2.24) is 9.55 Å². The monoisotopic (exact) mass is 170 g/mol. The Morgan fingerprint density at radius 3 is 2.92 bits per heavy atom. The molecule has 3 unspecified atom stereocenters. The van der Waals surface area contributed by atoms with E-state index in [9.17, 15) is 15.3 Å². The highest BCUT2D eigenvalue weighted by atomic mass is 16.4. The maximum atomic E-state index is 9.42. The predicted octanol–water partition coefficient (Wildman–Crippen LogP) is -1.35. The molecule has 1 aromatic heterocycles. The largest absolute Gasteiger partial charge is 0.388 e. The molecule has 1 aliphatic heterocycles. The van der Waals surface area contributed by atoms with Crippen molar-refractivity contribution in [2.24, 2.45) is 0 Å². The van der Waals surface area contributed by atoms with E-state index < -0.39 is 18.3 Å². The second-order valence-corrected chi connectivity index (χ2v) is 2.97. The fraction of sp³-hybridized carbons (Fsp3) is 0.571. The quantitative estimate of drug-likeness (QED) is 0.450. The minimum absolute atomic E-state index is 0.285. The Morgan fingerprint density at radius 1 is 1.42 bits per heavy atom. The molecular formula is C7H10N2O3. The van der Waals surface area contributed by atoms with Crippen LogP contribution in [0.15, 0.2) is 12.5 Å². The normalized spacial score (nSPS) is 34.8. The highest BCUT2D eigenvalue weighted by Gasteiger charge is 2.33. The molecule has 0 spiro atoms. The minimum atomic E-state index is -1.10. The molecule has 3 N–H and O–H groups in total. The van der Waals surface area contributed by atoms with Crippen LogP contribution in [-0.4, -0.2) is 37.1 Å². The Kier molecular flexibility index (Phi) is 1.64. The fourth-order valence-electron chi connectivity index (χ4n) is 1.42. The molecule has 1 aliphatic rings. The molecule has 0 bridgehead atoms. The number of fused-ring (bicyclic) bond motifs is 1. The molecule has 66 valence electrons. The standard InChI is InChI=1S/C7H10N2O3/c10-5-2-9-3-8-1-4(9)6(11)7(5)12/h1,3,5-7,10-12H,2H2. The van der Waals surface area contributed by atoms with Crippen molar-refractivity contribution in [3.63, 3.8) is 0 Å². The van der Waals surface area contributed by atoms with E-state index in [4.69, 9.17) is 0 Å². The van der Waals surface area contributed by atoms with Crippen LogP contribution in [0.25, 0.3) is 0 Å². The van der Waals surface area contributed by atoms with Crippen LogP contribution in [0.4, 0.5) is 0 Å². The first-order valence-corrected chi connectivity index (χ1v) is 3.74. The summed E-state index contributed by atoms with van der Waals surface area (Å²) in [5, 5.41) is 27.9. The van der Waals surface area contributed by atoms with Gasteiger partial charge in [-0.25, -0.2) is 4.98 Å². The summed E-state index contributed by atoms with van der Waals surface area (Å²) >= 11 is 0. The molecule has 1 aromatic rings. The predicted molar refractivity (Wildman–Crippen MR) is 39.2 cm³/mol. The van der Waals surface area contributed by atoms with Gasteiger partial charge in [-0.05, 0) is 0 Å². The molecule has 12 heavy (non-hydrogen) atoms.